The molecule has 1 aliphatic rings. The zero-order chi connectivity index (χ0) is 18.5. The number of piperidine rings is 1. The Morgan fingerprint density at radius 2 is 1.77 bits per heavy atom. The standard InChI is InChI=1S/C20H30N6/c1-15(2)18-22-19(24-20(23-18)25(3)4)21-14-16-10-6-7-11-17(16)26-12-8-5-9-13-26/h6-7,10-11,15H,5,8-9,12-14H2,1-4H3,(H,21,22,23,24). The zero-order valence-corrected chi connectivity index (χ0v) is 16.4. The molecule has 0 unspecified atom stereocenters. The summed E-state index contributed by atoms with van der Waals surface area (Å²) in [7, 11) is 3.91. The maximum absolute atomic E-state index is 4.60. The van der Waals surface area contributed by atoms with E-state index < -0.39 is 0 Å². The van der Waals surface area contributed by atoms with Crippen LogP contribution in [0.5, 0.6) is 0 Å². The summed E-state index contributed by atoms with van der Waals surface area (Å²) in [6, 6.07) is 8.63. The smallest absolute Gasteiger partial charge is 0.229 e. The van der Waals surface area contributed by atoms with Crippen LogP contribution in [0.25, 0.3) is 0 Å². The Morgan fingerprint density at radius 1 is 1.04 bits per heavy atom. The van der Waals surface area contributed by atoms with Gasteiger partial charge in [0.25, 0.3) is 0 Å². The van der Waals surface area contributed by atoms with Gasteiger partial charge in [0.15, 0.2) is 0 Å². The van der Waals surface area contributed by atoms with Gasteiger partial charge in [0.1, 0.15) is 5.82 Å². The number of aromatic nitrogens is 3. The van der Waals surface area contributed by atoms with Crippen molar-refractivity contribution in [3.63, 3.8) is 0 Å². The van der Waals surface area contributed by atoms with Gasteiger partial charge < -0.3 is 15.1 Å². The van der Waals surface area contributed by atoms with Crippen LogP contribution in [0.2, 0.25) is 0 Å². The molecule has 1 aromatic carbocycles. The molecule has 0 aliphatic carbocycles. The number of nitrogens with one attached hydrogen (secondary N) is 1. The van der Waals surface area contributed by atoms with Crippen LogP contribution in [0.1, 0.15) is 50.4 Å². The summed E-state index contributed by atoms with van der Waals surface area (Å²) in [5.41, 5.74) is 2.61. The molecular formula is C20H30N6. The molecular weight excluding hydrogens is 324 g/mol. The van der Waals surface area contributed by atoms with E-state index in [9.17, 15) is 0 Å². The molecule has 0 amide bonds. The quantitative estimate of drug-likeness (QED) is 0.854. The molecule has 0 saturated carbocycles. The van der Waals surface area contributed by atoms with Crippen LogP contribution in [0.4, 0.5) is 17.6 Å². The van der Waals surface area contributed by atoms with E-state index in [4.69, 9.17) is 0 Å². The number of nitrogens with zero attached hydrogens (tertiary/aromatic N) is 5. The lowest BCUT2D eigenvalue weighted by atomic mass is 10.1. The lowest BCUT2D eigenvalue weighted by Gasteiger charge is -2.30. The molecule has 0 atom stereocenters. The van der Waals surface area contributed by atoms with Crippen molar-refractivity contribution in [3.05, 3.63) is 35.7 Å². The number of para-hydroxylation sites is 1. The van der Waals surface area contributed by atoms with E-state index in [1.165, 1.54) is 30.5 Å². The van der Waals surface area contributed by atoms with Crippen LogP contribution >= 0.6 is 0 Å². The lowest BCUT2D eigenvalue weighted by Crippen LogP contribution is -2.30. The van der Waals surface area contributed by atoms with Crippen molar-refractivity contribution in [1.82, 2.24) is 15.0 Å². The third-order valence-corrected chi connectivity index (χ3v) is 4.68. The number of rotatable bonds is 6. The molecule has 2 heterocycles. The van der Waals surface area contributed by atoms with E-state index in [0.717, 1.165) is 18.9 Å². The van der Waals surface area contributed by atoms with Crippen molar-refractivity contribution in [2.24, 2.45) is 0 Å². The Morgan fingerprint density at radius 3 is 2.46 bits per heavy atom. The average molecular weight is 355 g/mol. The van der Waals surface area contributed by atoms with Crippen molar-refractivity contribution in [3.8, 4) is 0 Å². The number of hydrogen-bond acceptors (Lipinski definition) is 6. The minimum Gasteiger partial charge on any atom is -0.371 e. The second kappa shape index (κ2) is 8.34. The average Bonchev–Trinajstić information content (AvgIpc) is 2.67. The Bertz CT molecular complexity index is 696. The van der Waals surface area contributed by atoms with E-state index in [2.05, 4.69) is 63.3 Å². The highest BCUT2D eigenvalue weighted by Gasteiger charge is 2.15. The van der Waals surface area contributed by atoms with Gasteiger partial charge in [-0.25, -0.2) is 0 Å². The summed E-state index contributed by atoms with van der Waals surface area (Å²) in [6.45, 7) is 7.20. The first-order chi connectivity index (χ1) is 12.5. The normalized spacial score (nSPS) is 14.6. The highest BCUT2D eigenvalue weighted by atomic mass is 15.3. The summed E-state index contributed by atoms with van der Waals surface area (Å²) in [5, 5.41) is 3.42. The monoisotopic (exact) mass is 354 g/mol. The van der Waals surface area contributed by atoms with Crippen LogP contribution in [-0.4, -0.2) is 42.1 Å². The first-order valence-electron chi connectivity index (χ1n) is 9.54. The topological polar surface area (TPSA) is 57.2 Å². The number of hydrogen-bond donors (Lipinski definition) is 1. The Hall–Kier alpha value is -2.37. The maximum Gasteiger partial charge on any atom is 0.229 e. The predicted molar refractivity (Wildman–Crippen MR) is 108 cm³/mol. The molecule has 0 bridgehead atoms. The molecule has 0 radical (unpaired) electrons. The van der Waals surface area contributed by atoms with Crippen molar-refractivity contribution in [2.75, 3.05) is 42.3 Å². The molecule has 140 valence electrons. The fourth-order valence-electron chi connectivity index (χ4n) is 3.20. The second-order valence-corrected chi connectivity index (χ2v) is 7.40. The Labute approximate surface area is 156 Å². The number of anilines is 3. The van der Waals surface area contributed by atoms with Gasteiger partial charge >= 0.3 is 0 Å². The highest BCUT2D eigenvalue weighted by Crippen LogP contribution is 2.25. The van der Waals surface area contributed by atoms with Gasteiger partial charge in [0.05, 0.1) is 0 Å². The van der Waals surface area contributed by atoms with Crippen LogP contribution in [-0.2, 0) is 6.54 Å². The van der Waals surface area contributed by atoms with Gasteiger partial charge in [-0.1, -0.05) is 32.0 Å². The highest BCUT2D eigenvalue weighted by molar-refractivity contribution is 5.55. The van der Waals surface area contributed by atoms with E-state index in [-0.39, 0.29) is 5.92 Å². The molecule has 1 saturated heterocycles. The summed E-state index contributed by atoms with van der Waals surface area (Å²) < 4.78 is 0. The molecule has 2 aromatic rings. The Balaban J connectivity index is 1.79. The molecule has 1 N–H and O–H groups in total. The van der Waals surface area contributed by atoms with Crippen molar-refractivity contribution in [2.45, 2.75) is 45.6 Å². The lowest BCUT2D eigenvalue weighted by molar-refractivity contribution is 0.576. The molecule has 3 rings (SSSR count). The third-order valence-electron chi connectivity index (χ3n) is 4.68. The summed E-state index contributed by atoms with van der Waals surface area (Å²) in [5.74, 6) is 2.41. The van der Waals surface area contributed by atoms with Crippen molar-refractivity contribution >= 4 is 17.6 Å². The van der Waals surface area contributed by atoms with Crippen molar-refractivity contribution in [1.29, 1.82) is 0 Å². The molecule has 1 aliphatic heterocycles. The Kier molecular flexibility index (Phi) is 5.91. The summed E-state index contributed by atoms with van der Waals surface area (Å²) in [4.78, 5) is 18.1. The second-order valence-electron chi connectivity index (χ2n) is 7.40. The third kappa shape index (κ3) is 4.42. The molecule has 1 fully saturated rings. The van der Waals surface area contributed by atoms with Gasteiger partial charge in [-0.05, 0) is 30.9 Å². The fourth-order valence-corrected chi connectivity index (χ4v) is 3.20. The first kappa shape index (κ1) is 18.4. The zero-order valence-electron chi connectivity index (χ0n) is 16.4. The van der Waals surface area contributed by atoms with E-state index in [1.54, 1.807) is 0 Å². The molecule has 1 aromatic heterocycles. The number of benzene rings is 1. The van der Waals surface area contributed by atoms with Crippen LogP contribution in [0, 0.1) is 0 Å². The van der Waals surface area contributed by atoms with Crippen LogP contribution in [0.3, 0.4) is 0 Å². The fraction of sp³-hybridized carbons (Fsp3) is 0.550. The van der Waals surface area contributed by atoms with Gasteiger partial charge in [-0.3, -0.25) is 0 Å². The van der Waals surface area contributed by atoms with Gasteiger partial charge in [-0.2, -0.15) is 15.0 Å². The molecule has 26 heavy (non-hydrogen) atoms. The van der Waals surface area contributed by atoms with E-state index >= 15 is 0 Å². The predicted octanol–water partition coefficient (Wildman–Crippen LogP) is 3.66. The summed E-state index contributed by atoms with van der Waals surface area (Å²) in [6.07, 6.45) is 3.89. The van der Waals surface area contributed by atoms with Crippen LogP contribution in [0.15, 0.2) is 24.3 Å². The van der Waals surface area contributed by atoms with Gasteiger partial charge in [0, 0.05) is 45.3 Å². The minimum atomic E-state index is 0.262. The largest absolute Gasteiger partial charge is 0.371 e. The van der Waals surface area contributed by atoms with Crippen LogP contribution < -0.4 is 15.1 Å². The molecule has 6 nitrogen and oxygen atoms in total. The SMILES string of the molecule is CC(C)c1nc(NCc2ccccc2N2CCCCC2)nc(N(C)C)n1. The van der Waals surface area contributed by atoms with Gasteiger partial charge in [0.2, 0.25) is 11.9 Å². The summed E-state index contributed by atoms with van der Waals surface area (Å²) >= 11 is 0. The van der Waals surface area contributed by atoms with E-state index in [0.29, 0.717) is 18.4 Å². The maximum atomic E-state index is 4.60. The van der Waals surface area contributed by atoms with E-state index in [1.807, 2.05) is 19.0 Å². The van der Waals surface area contributed by atoms with Crippen molar-refractivity contribution < 1.29 is 0 Å². The minimum absolute atomic E-state index is 0.262. The van der Waals surface area contributed by atoms with Gasteiger partial charge in [-0.15, -0.1) is 0 Å². The molecule has 6 heteroatoms. The first-order valence-corrected chi connectivity index (χ1v) is 9.54. The molecule has 0 spiro atoms.